The van der Waals surface area contributed by atoms with E-state index in [1.165, 1.54) is 12.7 Å². The van der Waals surface area contributed by atoms with E-state index in [0.717, 1.165) is 41.9 Å². The Morgan fingerprint density at radius 1 is 1.31 bits per heavy atom. The minimum Gasteiger partial charge on any atom is -0.493 e. The van der Waals surface area contributed by atoms with E-state index in [-0.39, 0.29) is 17.9 Å². The molecule has 4 unspecified atom stereocenters. The number of rotatable bonds is 3. The predicted molar refractivity (Wildman–Crippen MR) is 114 cm³/mol. The first kappa shape index (κ1) is 21.5. The summed E-state index contributed by atoms with van der Waals surface area (Å²) in [7, 11) is 1.32. The molecule has 0 aromatic carbocycles. The molecule has 2 fully saturated rings. The van der Waals surface area contributed by atoms with Crippen molar-refractivity contribution in [2.24, 2.45) is 16.3 Å². The lowest BCUT2D eigenvalue weighted by molar-refractivity contribution is -0.191. The summed E-state index contributed by atoms with van der Waals surface area (Å²) in [6.45, 7) is 3.95. The van der Waals surface area contributed by atoms with Gasteiger partial charge in [0.2, 0.25) is 5.72 Å². The largest absolute Gasteiger partial charge is 0.493 e. The molecule has 6 atom stereocenters. The fourth-order valence-corrected chi connectivity index (χ4v) is 6.81. The van der Waals surface area contributed by atoms with Crippen LogP contribution in [0.15, 0.2) is 28.1 Å². The standard InChI is InChI=1S/C23H31N3O6/c1-13-4-5-18-22(10-13)6-7-24-12-15-8-16(9-17(32-18)19(15)22)25(21(28)29)23(31-3)11-14(2)26(30)20(23)27/h7,12-14,16,18,30H,4-6,8-11H2,1-3H3,(H,28,29)/t13?,14?,16-,18-,22?,23?/m1/s1. The topological polar surface area (TPSA) is 112 Å². The van der Waals surface area contributed by atoms with Crippen molar-refractivity contribution in [2.75, 3.05) is 7.11 Å². The van der Waals surface area contributed by atoms with Crippen molar-refractivity contribution in [3.05, 3.63) is 23.1 Å². The molecule has 174 valence electrons. The van der Waals surface area contributed by atoms with Crippen LogP contribution in [0, 0.1) is 11.3 Å². The minimum absolute atomic E-state index is 0.0513. The van der Waals surface area contributed by atoms with Crippen LogP contribution >= 0.6 is 0 Å². The Morgan fingerprint density at radius 3 is 2.75 bits per heavy atom. The Bertz CT molecular complexity index is 944. The lowest BCUT2D eigenvalue weighted by Gasteiger charge is -2.44. The normalized spacial score (nSPS) is 40.4. The summed E-state index contributed by atoms with van der Waals surface area (Å²) in [5.41, 5.74) is 0.318. The number of amides is 2. The second-order valence-electron chi connectivity index (χ2n) is 10.0. The van der Waals surface area contributed by atoms with Gasteiger partial charge in [-0.15, -0.1) is 0 Å². The van der Waals surface area contributed by atoms with E-state index >= 15 is 0 Å². The van der Waals surface area contributed by atoms with Gasteiger partial charge in [0.05, 0.1) is 6.04 Å². The van der Waals surface area contributed by atoms with Crippen molar-refractivity contribution in [1.82, 2.24) is 9.96 Å². The summed E-state index contributed by atoms with van der Waals surface area (Å²) in [6.07, 6.45) is 7.40. The number of aliphatic imine (C=N–C) groups is 1. The van der Waals surface area contributed by atoms with Gasteiger partial charge < -0.3 is 14.6 Å². The Balaban J connectivity index is 1.56. The summed E-state index contributed by atoms with van der Waals surface area (Å²) in [5, 5.41) is 21.0. The van der Waals surface area contributed by atoms with Crippen LogP contribution in [-0.4, -0.2) is 69.5 Å². The molecule has 1 saturated carbocycles. The Labute approximate surface area is 187 Å². The van der Waals surface area contributed by atoms with Crippen LogP contribution < -0.4 is 0 Å². The molecule has 2 amide bonds. The maximum Gasteiger partial charge on any atom is 0.410 e. The van der Waals surface area contributed by atoms with Crippen LogP contribution in [0.25, 0.3) is 0 Å². The van der Waals surface area contributed by atoms with Crippen LogP contribution in [0.1, 0.15) is 58.8 Å². The van der Waals surface area contributed by atoms with Crippen LogP contribution in [0.2, 0.25) is 0 Å². The summed E-state index contributed by atoms with van der Waals surface area (Å²) in [6, 6.07) is -1.12. The molecule has 0 radical (unpaired) electrons. The lowest BCUT2D eigenvalue weighted by Crippen LogP contribution is -2.61. The molecular weight excluding hydrogens is 414 g/mol. The number of hydroxylamine groups is 2. The third kappa shape index (κ3) is 2.80. The molecule has 32 heavy (non-hydrogen) atoms. The first-order chi connectivity index (χ1) is 15.2. The van der Waals surface area contributed by atoms with Crippen LogP contribution in [0.3, 0.4) is 0 Å². The van der Waals surface area contributed by atoms with Crippen molar-refractivity contribution in [3.63, 3.8) is 0 Å². The highest BCUT2D eigenvalue weighted by atomic mass is 16.6. The molecule has 1 saturated heterocycles. The molecule has 3 heterocycles. The number of ether oxygens (including phenoxy) is 2. The van der Waals surface area contributed by atoms with Crippen molar-refractivity contribution < 1.29 is 29.4 Å². The molecular formula is C23H31N3O6. The summed E-state index contributed by atoms with van der Waals surface area (Å²) in [5.74, 6) is 0.662. The van der Waals surface area contributed by atoms with Crippen LogP contribution in [0.5, 0.6) is 0 Å². The van der Waals surface area contributed by atoms with Gasteiger partial charge in [0.1, 0.15) is 11.9 Å². The first-order valence-electron chi connectivity index (χ1n) is 11.4. The molecule has 2 N–H and O–H groups in total. The molecule has 1 spiro atoms. The molecule has 2 aliphatic carbocycles. The number of nitrogens with zero attached hydrogens (tertiary/aromatic N) is 3. The molecule has 3 aliphatic heterocycles. The van der Waals surface area contributed by atoms with E-state index in [1.54, 1.807) is 6.92 Å². The van der Waals surface area contributed by atoms with E-state index < -0.39 is 29.8 Å². The fourth-order valence-electron chi connectivity index (χ4n) is 6.81. The summed E-state index contributed by atoms with van der Waals surface area (Å²) < 4.78 is 12.1. The molecule has 9 nitrogen and oxygen atoms in total. The third-order valence-electron chi connectivity index (χ3n) is 8.13. The molecule has 0 bridgehead atoms. The zero-order chi connectivity index (χ0) is 22.8. The Morgan fingerprint density at radius 2 is 2.09 bits per heavy atom. The number of methoxy groups -OCH3 is 1. The number of hydrogen-bond acceptors (Lipinski definition) is 6. The number of carbonyl (C=O) groups is 2. The SMILES string of the molecule is COC1(N(C(=O)O)[C@@H]2CC3=CN=CCC45CC(C)CC[C@H]4OC(=C35)C2)CC(C)N(O)C1=O. The second-order valence-corrected chi connectivity index (χ2v) is 10.0. The van der Waals surface area contributed by atoms with Gasteiger partial charge in [0.25, 0.3) is 5.91 Å². The summed E-state index contributed by atoms with van der Waals surface area (Å²) >= 11 is 0. The fraction of sp³-hybridized carbons (Fsp3) is 0.696. The highest BCUT2D eigenvalue weighted by Gasteiger charge is 2.61. The van der Waals surface area contributed by atoms with Crippen molar-refractivity contribution >= 4 is 18.2 Å². The zero-order valence-electron chi connectivity index (χ0n) is 18.8. The average molecular weight is 446 g/mol. The highest BCUT2D eigenvalue weighted by molar-refractivity contribution is 5.90. The highest BCUT2D eigenvalue weighted by Crippen LogP contribution is 2.60. The van der Waals surface area contributed by atoms with Gasteiger partial charge in [-0.05, 0) is 50.5 Å². The van der Waals surface area contributed by atoms with Gasteiger partial charge in [-0.25, -0.2) is 9.86 Å². The third-order valence-corrected chi connectivity index (χ3v) is 8.13. The van der Waals surface area contributed by atoms with Gasteiger partial charge in [0.15, 0.2) is 0 Å². The Hall–Kier alpha value is -2.39. The second kappa shape index (κ2) is 7.31. The van der Waals surface area contributed by atoms with Gasteiger partial charge in [-0.1, -0.05) is 6.92 Å². The quantitative estimate of drug-likeness (QED) is 0.509. The molecule has 5 aliphatic rings. The Kier molecular flexibility index (Phi) is 4.90. The van der Waals surface area contributed by atoms with Gasteiger partial charge >= 0.3 is 6.09 Å². The first-order valence-corrected chi connectivity index (χ1v) is 11.4. The zero-order valence-corrected chi connectivity index (χ0v) is 18.8. The smallest absolute Gasteiger partial charge is 0.410 e. The van der Waals surface area contributed by atoms with Crippen LogP contribution in [0.4, 0.5) is 4.79 Å². The maximum atomic E-state index is 13.0. The molecule has 0 aromatic rings. The maximum absolute atomic E-state index is 13.0. The van der Waals surface area contributed by atoms with Crippen molar-refractivity contribution in [2.45, 2.75) is 82.7 Å². The molecule has 0 aromatic heterocycles. The average Bonchev–Trinajstić information content (AvgIpc) is 3.09. The van der Waals surface area contributed by atoms with Crippen molar-refractivity contribution in [3.8, 4) is 0 Å². The summed E-state index contributed by atoms with van der Waals surface area (Å²) in [4.78, 5) is 31.1. The lowest BCUT2D eigenvalue weighted by atomic mass is 9.61. The monoisotopic (exact) mass is 445 g/mol. The predicted octanol–water partition coefficient (Wildman–Crippen LogP) is 3.30. The van der Waals surface area contributed by atoms with E-state index in [2.05, 4.69) is 11.9 Å². The van der Waals surface area contributed by atoms with Crippen molar-refractivity contribution in [1.29, 1.82) is 0 Å². The van der Waals surface area contributed by atoms with E-state index in [1.807, 2.05) is 12.4 Å². The van der Waals surface area contributed by atoms with Gasteiger partial charge in [0, 0.05) is 49.4 Å². The number of carbonyl (C=O) groups excluding carboxylic acids is 1. The molecule has 5 rings (SSSR count). The van der Waals surface area contributed by atoms with Crippen LogP contribution in [-0.2, 0) is 14.3 Å². The van der Waals surface area contributed by atoms with E-state index in [0.29, 0.717) is 23.8 Å². The number of carboxylic acid groups (broad SMARTS) is 1. The number of hydrogen-bond donors (Lipinski definition) is 2. The van der Waals surface area contributed by atoms with E-state index in [4.69, 9.17) is 9.47 Å². The van der Waals surface area contributed by atoms with Gasteiger partial charge in [-0.3, -0.25) is 19.9 Å². The van der Waals surface area contributed by atoms with Gasteiger partial charge in [-0.2, -0.15) is 0 Å². The van der Waals surface area contributed by atoms with E-state index in [9.17, 15) is 19.9 Å². The minimum atomic E-state index is -1.77. The molecule has 9 heteroatoms.